The second kappa shape index (κ2) is 13.7. The molecule has 1 N–H and O–H groups in total. The highest BCUT2D eigenvalue weighted by Crippen LogP contribution is 2.40. The summed E-state index contributed by atoms with van der Waals surface area (Å²) >= 11 is 0. The van der Waals surface area contributed by atoms with E-state index in [4.69, 9.17) is 23.7 Å². The van der Waals surface area contributed by atoms with E-state index >= 15 is 0 Å². The molecule has 2 aromatic carbocycles. The summed E-state index contributed by atoms with van der Waals surface area (Å²) in [7, 11) is 8.12. The summed E-state index contributed by atoms with van der Waals surface area (Å²) in [5.74, 6) is 3.49. The Morgan fingerprint density at radius 2 is 1.37 bits per heavy atom. The van der Waals surface area contributed by atoms with Gasteiger partial charge in [-0.05, 0) is 80.1 Å². The Hall–Kier alpha value is -3.11. The number of benzene rings is 2. The van der Waals surface area contributed by atoms with E-state index in [0.29, 0.717) is 28.7 Å². The van der Waals surface area contributed by atoms with Gasteiger partial charge in [-0.25, -0.2) is 0 Å². The number of ether oxygens (including phenoxy) is 5. The number of nitrogens with zero attached hydrogens (tertiary/aromatic N) is 1. The zero-order valence-corrected chi connectivity index (χ0v) is 22.2. The standard InChI is InChI=1S/C28H40N2O5/c1-20(2)28(19-29,22-16-23(31-3)18-24(17-22)32-4)11-9-13-30-12-8-10-21-14-25(33-5)27(35-7)26(15-21)34-6/h14-18,20,30H,8-13H2,1-7H3. The Kier molecular flexibility index (Phi) is 11.0. The number of nitriles is 1. The van der Waals surface area contributed by atoms with Crippen molar-refractivity contribution >= 4 is 0 Å². The quantitative estimate of drug-likeness (QED) is 0.350. The molecule has 0 heterocycles. The van der Waals surface area contributed by atoms with Crippen LogP contribution in [0.15, 0.2) is 30.3 Å². The van der Waals surface area contributed by atoms with Crippen LogP contribution in [0, 0.1) is 17.2 Å². The zero-order chi connectivity index (χ0) is 25.8. The first-order valence-electron chi connectivity index (χ1n) is 12.0. The van der Waals surface area contributed by atoms with Crippen LogP contribution in [0.1, 0.15) is 44.2 Å². The highest BCUT2D eigenvalue weighted by Gasteiger charge is 2.36. The largest absolute Gasteiger partial charge is 0.497 e. The molecule has 0 saturated heterocycles. The van der Waals surface area contributed by atoms with E-state index in [0.717, 1.165) is 49.9 Å². The van der Waals surface area contributed by atoms with Gasteiger partial charge >= 0.3 is 0 Å². The first-order valence-corrected chi connectivity index (χ1v) is 12.0. The fraction of sp³-hybridized carbons (Fsp3) is 0.536. The lowest BCUT2D eigenvalue weighted by Gasteiger charge is -2.32. The topological polar surface area (TPSA) is 82.0 Å². The molecule has 1 atom stereocenters. The van der Waals surface area contributed by atoms with Crippen molar-refractivity contribution in [3.05, 3.63) is 41.5 Å². The van der Waals surface area contributed by atoms with Crippen LogP contribution in [0.5, 0.6) is 28.7 Å². The molecule has 0 amide bonds. The number of hydrogen-bond donors (Lipinski definition) is 1. The van der Waals surface area contributed by atoms with Gasteiger partial charge in [-0.1, -0.05) is 13.8 Å². The third-order valence-electron chi connectivity index (χ3n) is 6.52. The van der Waals surface area contributed by atoms with Crippen molar-refractivity contribution in [2.24, 2.45) is 5.92 Å². The molecule has 0 aliphatic heterocycles. The predicted octanol–water partition coefficient (Wildman–Crippen LogP) is 5.15. The second-order valence-corrected chi connectivity index (χ2v) is 8.83. The van der Waals surface area contributed by atoms with E-state index in [-0.39, 0.29) is 5.92 Å². The Bertz CT molecular complexity index is 939. The summed E-state index contributed by atoms with van der Waals surface area (Å²) in [4.78, 5) is 0. The fourth-order valence-corrected chi connectivity index (χ4v) is 4.40. The molecular formula is C28H40N2O5. The summed E-state index contributed by atoms with van der Waals surface area (Å²) in [5.41, 5.74) is 1.46. The van der Waals surface area contributed by atoms with Gasteiger partial charge in [0.25, 0.3) is 0 Å². The highest BCUT2D eigenvalue weighted by molar-refractivity contribution is 5.53. The Morgan fingerprint density at radius 1 is 0.800 bits per heavy atom. The third-order valence-corrected chi connectivity index (χ3v) is 6.52. The van der Waals surface area contributed by atoms with Crippen molar-refractivity contribution in [1.29, 1.82) is 5.26 Å². The maximum atomic E-state index is 10.2. The average molecular weight is 485 g/mol. The number of hydrogen-bond acceptors (Lipinski definition) is 7. The first-order chi connectivity index (χ1) is 16.9. The average Bonchev–Trinajstić information content (AvgIpc) is 2.89. The van der Waals surface area contributed by atoms with E-state index in [1.807, 2.05) is 30.3 Å². The second-order valence-electron chi connectivity index (χ2n) is 8.83. The van der Waals surface area contributed by atoms with Gasteiger partial charge in [-0.15, -0.1) is 0 Å². The lowest BCUT2D eigenvalue weighted by atomic mass is 9.69. The Labute approximate surface area is 210 Å². The van der Waals surface area contributed by atoms with Gasteiger partial charge in [0.2, 0.25) is 5.75 Å². The molecule has 0 spiro atoms. The maximum absolute atomic E-state index is 10.2. The molecule has 0 aliphatic rings. The van der Waals surface area contributed by atoms with Crippen molar-refractivity contribution in [3.63, 3.8) is 0 Å². The molecule has 0 radical (unpaired) electrons. The third kappa shape index (κ3) is 6.95. The Morgan fingerprint density at radius 3 is 1.83 bits per heavy atom. The minimum atomic E-state index is -0.611. The van der Waals surface area contributed by atoms with E-state index < -0.39 is 5.41 Å². The number of nitrogens with one attached hydrogen (secondary N) is 1. The molecule has 2 rings (SSSR count). The van der Waals surface area contributed by atoms with E-state index in [1.54, 1.807) is 35.5 Å². The molecular weight excluding hydrogens is 444 g/mol. The molecule has 35 heavy (non-hydrogen) atoms. The minimum Gasteiger partial charge on any atom is -0.497 e. The SMILES string of the molecule is COc1cc(OC)cc(C(C#N)(CCCNCCCc2cc(OC)c(OC)c(OC)c2)C(C)C)c1. The molecule has 7 heteroatoms. The fourth-order valence-electron chi connectivity index (χ4n) is 4.40. The van der Waals surface area contributed by atoms with Crippen LogP contribution in [0.2, 0.25) is 0 Å². The molecule has 0 aliphatic carbocycles. The van der Waals surface area contributed by atoms with Crippen LogP contribution >= 0.6 is 0 Å². The molecule has 0 saturated carbocycles. The summed E-state index contributed by atoms with van der Waals surface area (Å²) in [6.07, 6.45) is 3.49. The van der Waals surface area contributed by atoms with Gasteiger partial charge < -0.3 is 29.0 Å². The zero-order valence-electron chi connectivity index (χ0n) is 22.2. The van der Waals surface area contributed by atoms with Gasteiger partial charge in [0, 0.05) is 6.07 Å². The molecule has 1 unspecified atom stereocenters. The molecule has 192 valence electrons. The van der Waals surface area contributed by atoms with Crippen molar-refractivity contribution in [2.75, 3.05) is 48.6 Å². The van der Waals surface area contributed by atoms with Crippen molar-refractivity contribution < 1.29 is 23.7 Å². The molecule has 0 fully saturated rings. The van der Waals surface area contributed by atoms with Crippen LogP contribution in [0.25, 0.3) is 0 Å². The van der Waals surface area contributed by atoms with Crippen molar-refractivity contribution in [3.8, 4) is 34.8 Å². The first kappa shape index (κ1) is 28.1. The normalized spacial score (nSPS) is 12.5. The monoisotopic (exact) mass is 484 g/mol. The van der Waals surface area contributed by atoms with Crippen LogP contribution in [0.3, 0.4) is 0 Å². The van der Waals surface area contributed by atoms with E-state index in [9.17, 15) is 5.26 Å². The molecule has 7 nitrogen and oxygen atoms in total. The number of methoxy groups -OCH3 is 5. The maximum Gasteiger partial charge on any atom is 0.203 e. The molecule has 2 aromatic rings. The van der Waals surface area contributed by atoms with Gasteiger partial charge in [0.15, 0.2) is 11.5 Å². The summed E-state index contributed by atoms with van der Waals surface area (Å²) in [6.45, 7) is 5.91. The van der Waals surface area contributed by atoms with Crippen molar-refractivity contribution in [2.45, 2.75) is 44.9 Å². The van der Waals surface area contributed by atoms with Crippen LogP contribution in [-0.4, -0.2) is 48.6 Å². The predicted molar refractivity (Wildman–Crippen MR) is 138 cm³/mol. The van der Waals surface area contributed by atoms with Crippen LogP contribution < -0.4 is 29.0 Å². The molecule has 0 aromatic heterocycles. The number of rotatable bonds is 15. The van der Waals surface area contributed by atoms with Gasteiger partial charge in [-0.2, -0.15) is 5.26 Å². The lowest BCUT2D eigenvalue weighted by Crippen LogP contribution is -2.32. The van der Waals surface area contributed by atoms with Crippen molar-refractivity contribution in [1.82, 2.24) is 5.32 Å². The molecule has 0 bridgehead atoms. The lowest BCUT2D eigenvalue weighted by molar-refractivity contribution is 0.323. The van der Waals surface area contributed by atoms with E-state index in [1.165, 1.54) is 0 Å². The smallest absolute Gasteiger partial charge is 0.203 e. The minimum absolute atomic E-state index is 0.143. The number of aryl methyl sites for hydroxylation is 1. The van der Waals surface area contributed by atoms with Gasteiger partial charge in [-0.3, -0.25) is 0 Å². The summed E-state index contributed by atoms with van der Waals surface area (Å²) in [5, 5.41) is 13.8. The van der Waals surface area contributed by atoms with Crippen LogP contribution in [-0.2, 0) is 11.8 Å². The van der Waals surface area contributed by atoms with Gasteiger partial charge in [0.1, 0.15) is 11.5 Å². The highest BCUT2D eigenvalue weighted by atomic mass is 16.5. The Balaban J connectivity index is 1.94. The summed E-state index contributed by atoms with van der Waals surface area (Å²) < 4.78 is 27.2. The van der Waals surface area contributed by atoms with E-state index in [2.05, 4.69) is 25.2 Å². The van der Waals surface area contributed by atoms with Gasteiger partial charge in [0.05, 0.1) is 47.0 Å². The van der Waals surface area contributed by atoms with Crippen LogP contribution in [0.4, 0.5) is 0 Å². The summed E-state index contributed by atoms with van der Waals surface area (Å²) in [6, 6.07) is 12.3.